The van der Waals surface area contributed by atoms with Gasteiger partial charge in [0.2, 0.25) is 0 Å². The predicted octanol–water partition coefficient (Wildman–Crippen LogP) is 4.19. The Morgan fingerprint density at radius 3 is 2.50 bits per heavy atom. The monoisotopic (exact) mass is 492 g/mol. The highest BCUT2D eigenvalue weighted by molar-refractivity contribution is 6.12. The molecule has 1 amide bonds. The molecule has 0 aliphatic carbocycles. The van der Waals surface area contributed by atoms with E-state index in [0.717, 1.165) is 30.8 Å². The first kappa shape index (κ1) is 23.6. The van der Waals surface area contributed by atoms with Crippen LogP contribution in [0.15, 0.2) is 60.8 Å². The lowest BCUT2D eigenvalue weighted by Crippen LogP contribution is -2.33. The van der Waals surface area contributed by atoms with Gasteiger partial charge in [-0.1, -0.05) is 0 Å². The lowest BCUT2D eigenvalue weighted by molar-refractivity contribution is 0.0250. The zero-order valence-electron chi connectivity index (χ0n) is 18.7. The van der Waals surface area contributed by atoms with Gasteiger partial charge >= 0.3 is 0 Å². The molecule has 1 aliphatic rings. The van der Waals surface area contributed by atoms with Gasteiger partial charge in [0.05, 0.1) is 40.8 Å². The maximum atomic E-state index is 15.2. The van der Waals surface area contributed by atoms with Crippen LogP contribution in [0.2, 0.25) is 0 Å². The largest absolute Gasteiger partial charge is 0.369 e. The molecular formula is C26H19F3N4O3. The number of hydrogen-bond acceptors (Lipinski definition) is 6. The van der Waals surface area contributed by atoms with Crippen molar-refractivity contribution < 1.29 is 27.5 Å². The maximum absolute atomic E-state index is 15.2. The molecule has 0 radical (unpaired) electrons. The zero-order chi connectivity index (χ0) is 25.2. The summed E-state index contributed by atoms with van der Waals surface area (Å²) in [4.78, 5) is 34.3. The molecule has 36 heavy (non-hydrogen) atoms. The fourth-order valence-electron chi connectivity index (χ4n) is 3.87. The second-order valence-electron chi connectivity index (χ2n) is 8.14. The number of rotatable bonds is 5. The minimum atomic E-state index is -1.22. The molecule has 2 heterocycles. The third kappa shape index (κ3) is 4.68. The van der Waals surface area contributed by atoms with Gasteiger partial charge in [-0.2, -0.15) is 0 Å². The summed E-state index contributed by atoms with van der Waals surface area (Å²) in [6.07, 6.45) is 1.30. The first-order valence-electron chi connectivity index (χ1n) is 11.1. The average Bonchev–Trinajstić information content (AvgIpc) is 2.90. The molecule has 7 nitrogen and oxygen atoms in total. The summed E-state index contributed by atoms with van der Waals surface area (Å²) in [7, 11) is 0. The second-order valence-corrected chi connectivity index (χ2v) is 8.14. The molecule has 1 unspecified atom stereocenters. The fourth-order valence-corrected chi connectivity index (χ4v) is 3.87. The maximum Gasteiger partial charge on any atom is 0.255 e. The highest BCUT2D eigenvalue weighted by atomic mass is 19.1. The molecule has 182 valence electrons. The minimum absolute atomic E-state index is 0.0000517. The number of halogens is 3. The van der Waals surface area contributed by atoms with Crippen LogP contribution in [0, 0.1) is 17.5 Å². The molecule has 1 aromatic heterocycles. The number of benzene rings is 3. The van der Waals surface area contributed by atoms with Gasteiger partial charge in [-0.25, -0.2) is 18.2 Å². The third-order valence-electron chi connectivity index (χ3n) is 5.75. The Hall–Kier alpha value is -4.15. The number of morpholine rings is 1. The number of ketones is 1. The number of anilines is 1. The van der Waals surface area contributed by atoms with Crippen molar-refractivity contribution in [1.82, 2.24) is 15.3 Å². The Bertz CT molecular complexity index is 1470. The number of carbonyl (C=O) groups excluding carboxylic acids is 2. The van der Waals surface area contributed by atoms with E-state index in [2.05, 4.69) is 20.6 Å². The van der Waals surface area contributed by atoms with Gasteiger partial charge in [0.1, 0.15) is 17.7 Å². The molecule has 1 atom stereocenters. The molecule has 3 aromatic carbocycles. The molecule has 4 aromatic rings. The van der Waals surface area contributed by atoms with Crippen LogP contribution in [-0.4, -0.2) is 41.4 Å². The molecule has 1 saturated heterocycles. The Kier molecular flexibility index (Phi) is 6.45. The number of ether oxygens (including phenoxy) is 1. The van der Waals surface area contributed by atoms with Crippen molar-refractivity contribution in [3.63, 3.8) is 0 Å². The van der Waals surface area contributed by atoms with Gasteiger partial charge in [-0.3, -0.25) is 14.6 Å². The smallest absolute Gasteiger partial charge is 0.255 e. The van der Waals surface area contributed by atoms with Gasteiger partial charge in [-0.15, -0.1) is 0 Å². The van der Waals surface area contributed by atoms with Gasteiger partial charge in [0.15, 0.2) is 11.6 Å². The number of hydrogen-bond donors (Lipinski definition) is 2. The zero-order valence-corrected chi connectivity index (χ0v) is 18.7. The number of carbonyl (C=O) groups is 2. The number of aromatic nitrogens is 2. The standard InChI is InChI=1S/C26H19F3N4O3/c27-16-4-1-14(2-5-16)26(35)33-19-8-6-17(28)23(24(19)29)25(34)15-3-7-18-20(11-15)31-12-21(32-18)22-13-30-9-10-36-22/h1-8,11-12,22,30H,9-10,13H2,(H,33,35). The Balaban J connectivity index is 1.42. The van der Waals surface area contributed by atoms with Crippen LogP contribution in [0.4, 0.5) is 18.9 Å². The van der Waals surface area contributed by atoms with Gasteiger partial charge < -0.3 is 15.4 Å². The molecular weight excluding hydrogens is 473 g/mol. The summed E-state index contributed by atoms with van der Waals surface area (Å²) >= 11 is 0. The van der Waals surface area contributed by atoms with E-state index in [1.165, 1.54) is 24.3 Å². The number of nitrogens with one attached hydrogen (secondary N) is 2. The van der Waals surface area contributed by atoms with E-state index in [1.807, 2.05) is 0 Å². The Morgan fingerprint density at radius 2 is 1.75 bits per heavy atom. The summed E-state index contributed by atoms with van der Waals surface area (Å²) in [6.45, 7) is 1.91. The highest BCUT2D eigenvalue weighted by Gasteiger charge is 2.24. The lowest BCUT2D eigenvalue weighted by atomic mass is 10.0. The summed E-state index contributed by atoms with van der Waals surface area (Å²) in [6, 6.07) is 10.9. The lowest BCUT2D eigenvalue weighted by Gasteiger charge is -2.22. The van der Waals surface area contributed by atoms with E-state index >= 15 is 4.39 Å². The van der Waals surface area contributed by atoms with Gasteiger partial charge in [0, 0.05) is 24.2 Å². The van der Waals surface area contributed by atoms with E-state index in [9.17, 15) is 18.4 Å². The van der Waals surface area contributed by atoms with Gasteiger partial charge in [-0.05, 0) is 54.6 Å². The quantitative estimate of drug-likeness (QED) is 0.406. The van der Waals surface area contributed by atoms with Crippen molar-refractivity contribution in [2.45, 2.75) is 6.10 Å². The van der Waals surface area contributed by atoms with Crippen molar-refractivity contribution in [3.05, 3.63) is 101 Å². The van der Waals surface area contributed by atoms with Crippen LogP contribution < -0.4 is 10.6 Å². The van der Waals surface area contributed by atoms with Crippen LogP contribution in [-0.2, 0) is 4.74 Å². The molecule has 0 bridgehead atoms. The van der Waals surface area contributed by atoms with Crippen molar-refractivity contribution in [2.75, 3.05) is 25.0 Å². The van der Waals surface area contributed by atoms with Crippen LogP contribution in [0.5, 0.6) is 0 Å². The molecule has 1 aliphatic heterocycles. The van der Waals surface area contributed by atoms with E-state index in [-0.39, 0.29) is 22.9 Å². The Morgan fingerprint density at radius 1 is 0.972 bits per heavy atom. The van der Waals surface area contributed by atoms with E-state index in [0.29, 0.717) is 29.9 Å². The highest BCUT2D eigenvalue weighted by Crippen LogP contribution is 2.26. The SMILES string of the molecule is O=C(Nc1ccc(F)c(C(=O)c2ccc3nc(C4CNCCO4)cnc3c2)c1F)c1ccc(F)cc1. The fraction of sp³-hybridized carbons (Fsp3) is 0.154. The number of amides is 1. The normalized spacial score (nSPS) is 15.6. The Labute approximate surface area is 203 Å². The summed E-state index contributed by atoms with van der Waals surface area (Å²) in [5.41, 5.74) is 0.359. The van der Waals surface area contributed by atoms with Crippen LogP contribution in [0.1, 0.15) is 38.1 Å². The average molecular weight is 492 g/mol. The number of nitrogens with zero attached hydrogens (tertiary/aromatic N) is 2. The van der Waals surface area contributed by atoms with Crippen molar-refractivity contribution in [2.24, 2.45) is 0 Å². The van der Waals surface area contributed by atoms with Crippen molar-refractivity contribution in [3.8, 4) is 0 Å². The van der Waals surface area contributed by atoms with Crippen molar-refractivity contribution in [1.29, 1.82) is 0 Å². The second kappa shape index (κ2) is 9.84. The third-order valence-corrected chi connectivity index (χ3v) is 5.75. The predicted molar refractivity (Wildman–Crippen MR) is 125 cm³/mol. The van der Waals surface area contributed by atoms with E-state index in [4.69, 9.17) is 4.74 Å². The minimum Gasteiger partial charge on any atom is -0.369 e. The first-order valence-corrected chi connectivity index (χ1v) is 11.1. The molecule has 0 saturated carbocycles. The molecule has 5 rings (SSSR count). The van der Waals surface area contributed by atoms with Crippen molar-refractivity contribution >= 4 is 28.4 Å². The summed E-state index contributed by atoms with van der Waals surface area (Å²) < 4.78 is 48.6. The van der Waals surface area contributed by atoms with E-state index in [1.54, 1.807) is 12.3 Å². The molecule has 0 spiro atoms. The van der Waals surface area contributed by atoms with E-state index < -0.39 is 34.7 Å². The topological polar surface area (TPSA) is 93.2 Å². The van der Waals surface area contributed by atoms with Crippen LogP contribution in [0.25, 0.3) is 11.0 Å². The first-order chi connectivity index (χ1) is 17.4. The van der Waals surface area contributed by atoms with Crippen LogP contribution >= 0.6 is 0 Å². The summed E-state index contributed by atoms with van der Waals surface area (Å²) in [5, 5.41) is 5.50. The molecule has 1 fully saturated rings. The van der Waals surface area contributed by atoms with Crippen LogP contribution in [0.3, 0.4) is 0 Å². The molecule has 10 heteroatoms. The molecule has 2 N–H and O–H groups in total. The summed E-state index contributed by atoms with van der Waals surface area (Å²) in [5.74, 6) is -4.51. The van der Waals surface area contributed by atoms with Gasteiger partial charge in [0.25, 0.3) is 5.91 Å². The number of fused-ring (bicyclic) bond motifs is 1.